The number of fused-ring (bicyclic) bond motifs is 1. The Bertz CT molecular complexity index is 388. The lowest BCUT2D eigenvalue weighted by Gasteiger charge is -2.34. The first-order chi connectivity index (χ1) is 8.74. The summed E-state index contributed by atoms with van der Waals surface area (Å²) in [5.41, 5.74) is 1.64. The van der Waals surface area contributed by atoms with Gasteiger partial charge in [-0.15, -0.1) is 11.3 Å². The third kappa shape index (κ3) is 2.50. The van der Waals surface area contributed by atoms with Crippen LogP contribution in [0.15, 0.2) is 6.07 Å². The van der Waals surface area contributed by atoms with Gasteiger partial charge in [-0.2, -0.15) is 0 Å². The molecule has 0 aromatic carbocycles. The molecule has 1 aromatic rings. The number of thiophene rings is 1. The second kappa shape index (κ2) is 5.34. The van der Waals surface area contributed by atoms with E-state index in [9.17, 15) is 0 Å². The third-order valence-electron chi connectivity index (χ3n) is 5.04. The molecule has 2 aliphatic carbocycles. The fourth-order valence-corrected chi connectivity index (χ4v) is 4.79. The standard InChI is InChI=1S/C16H25NS/c1-11-5-3-7-15(12(11)2)17-10-14-9-13-6-4-8-16(13)18-14/h9,11-12,15,17H,3-8,10H2,1-2H3. The molecule has 3 unspecified atom stereocenters. The molecule has 100 valence electrons. The number of hydrogen-bond donors (Lipinski definition) is 1. The molecule has 18 heavy (non-hydrogen) atoms. The maximum absolute atomic E-state index is 3.82. The average Bonchev–Trinajstić information content (AvgIpc) is 2.91. The van der Waals surface area contributed by atoms with Crippen molar-refractivity contribution < 1.29 is 0 Å². The molecule has 0 radical (unpaired) electrons. The van der Waals surface area contributed by atoms with Gasteiger partial charge in [-0.25, -0.2) is 0 Å². The summed E-state index contributed by atoms with van der Waals surface area (Å²) in [4.78, 5) is 3.22. The summed E-state index contributed by atoms with van der Waals surface area (Å²) in [6.45, 7) is 5.94. The molecule has 0 spiro atoms. The van der Waals surface area contributed by atoms with Crippen molar-refractivity contribution in [2.24, 2.45) is 11.8 Å². The number of rotatable bonds is 3. The van der Waals surface area contributed by atoms with Gasteiger partial charge in [-0.05, 0) is 49.1 Å². The van der Waals surface area contributed by atoms with E-state index in [1.165, 1.54) is 38.5 Å². The summed E-state index contributed by atoms with van der Waals surface area (Å²) < 4.78 is 0. The molecule has 0 amide bonds. The van der Waals surface area contributed by atoms with E-state index < -0.39 is 0 Å². The van der Waals surface area contributed by atoms with Gasteiger partial charge in [0.1, 0.15) is 0 Å². The summed E-state index contributed by atoms with van der Waals surface area (Å²) >= 11 is 2.05. The Kier molecular flexibility index (Phi) is 3.76. The van der Waals surface area contributed by atoms with Crippen LogP contribution in [0.2, 0.25) is 0 Å². The normalized spacial score (nSPS) is 31.6. The van der Waals surface area contributed by atoms with Crippen molar-refractivity contribution in [2.75, 3.05) is 0 Å². The van der Waals surface area contributed by atoms with Crippen molar-refractivity contribution in [1.82, 2.24) is 5.32 Å². The van der Waals surface area contributed by atoms with Gasteiger partial charge >= 0.3 is 0 Å². The smallest absolute Gasteiger partial charge is 0.0302 e. The first-order valence-electron chi connectivity index (χ1n) is 7.58. The van der Waals surface area contributed by atoms with E-state index in [4.69, 9.17) is 0 Å². The van der Waals surface area contributed by atoms with Gasteiger partial charge in [0.25, 0.3) is 0 Å². The van der Waals surface area contributed by atoms with Crippen LogP contribution in [-0.2, 0) is 19.4 Å². The number of aryl methyl sites for hydroxylation is 2. The van der Waals surface area contributed by atoms with E-state index in [-0.39, 0.29) is 0 Å². The van der Waals surface area contributed by atoms with Crippen LogP contribution in [0.3, 0.4) is 0 Å². The Morgan fingerprint density at radius 3 is 2.94 bits per heavy atom. The molecular weight excluding hydrogens is 238 g/mol. The van der Waals surface area contributed by atoms with Crippen molar-refractivity contribution in [1.29, 1.82) is 0 Å². The van der Waals surface area contributed by atoms with Gasteiger partial charge in [0, 0.05) is 22.3 Å². The van der Waals surface area contributed by atoms with E-state index >= 15 is 0 Å². The van der Waals surface area contributed by atoms with Crippen LogP contribution in [0.1, 0.15) is 54.8 Å². The highest BCUT2D eigenvalue weighted by atomic mass is 32.1. The SMILES string of the molecule is CC1CCCC(NCc2cc3c(s2)CCC3)C1C. The minimum atomic E-state index is 0.741. The molecule has 1 fully saturated rings. The molecule has 1 saturated carbocycles. The highest BCUT2D eigenvalue weighted by Gasteiger charge is 2.26. The van der Waals surface area contributed by atoms with Crippen LogP contribution >= 0.6 is 11.3 Å². The van der Waals surface area contributed by atoms with Gasteiger partial charge in [0.15, 0.2) is 0 Å². The van der Waals surface area contributed by atoms with Gasteiger partial charge in [0.2, 0.25) is 0 Å². The minimum Gasteiger partial charge on any atom is -0.309 e. The lowest BCUT2D eigenvalue weighted by Crippen LogP contribution is -2.40. The molecule has 1 heterocycles. The fraction of sp³-hybridized carbons (Fsp3) is 0.750. The largest absolute Gasteiger partial charge is 0.309 e. The van der Waals surface area contributed by atoms with Crippen LogP contribution in [0.5, 0.6) is 0 Å². The fourth-order valence-electron chi connectivity index (χ4n) is 3.58. The molecule has 2 heteroatoms. The summed E-state index contributed by atoms with van der Waals surface area (Å²) in [5, 5.41) is 3.82. The summed E-state index contributed by atoms with van der Waals surface area (Å²) in [6, 6.07) is 3.20. The average molecular weight is 263 g/mol. The van der Waals surface area contributed by atoms with Crippen LogP contribution < -0.4 is 5.32 Å². The Morgan fingerprint density at radius 2 is 2.11 bits per heavy atom. The molecule has 3 atom stereocenters. The Hall–Kier alpha value is -0.340. The lowest BCUT2D eigenvalue weighted by atomic mass is 9.78. The van der Waals surface area contributed by atoms with E-state index in [2.05, 4.69) is 36.6 Å². The summed E-state index contributed by atoms with van der Waals surface area (Å²) in [7, 11) is 0. The first-order valence-corrected chi connectivity index (χ1v) is 8.39. The molecule has 0 saturated heterocycles. The van der Waals surface area contributed by atoms with Gasteiger partial charge in [-0.1, -0.05) is 26.7 Å². The maximum Gasteiger partial charge on any atom is 0.0302 e. The minimum absolute atomic E-state index is 0.741. The van der Waals surface area contributed by atoms with Gasteiger partial charge in [0.05, 0.1) is 0 Å². The third-order valence-corrected chi connectivity index (χ3v) is 6.28. The molecule has 0 aliphatic heterocycles. The number of nitrogens with one attached hydrogen (secondary N) is 1. The lowest BCUT2D eigenvalue weighted by molar-refractivity contribution is 0.206. The maximum atomic E-state index is 3.82. The van der Waals surface area contributed by atoms with Crippen LogP contribution in [0.4, 0.5) is 0 Å². The monoisotopic (exact) mass is 263 g/mol. The Morgan fingerprint density at radius 1 is 1.22 bits per heavy atom. The topological polar surface area (TPSA) is 12.0 Å². The summed E-state index contributed by atoms with van der Waals surface area (Å²) in [6.07, 6.45) is 8.24. The van der Waals surface area contributed by atoms with Crippen molar-refractivity contribution >= 4 is 11.3 Å². The first kappa shape index (κ1) is 12.7. The van der Waals surface area contributed by atoms with E-state index in [1.54, 1.807) is 15.3 Å². The zero-order chi connectivity index (χ0) is 12.5. The molecule has 3 rings (SSSR count). The summed E-state index contributed by atoms with van der Waals surface area (Å²) in [5.74, 6) is 1.73. The van der Waals surface area contributed by atoms with Crippen LogP contribution in [0, 0.1) is 11.8 Å². The van der Waals surface area contributed by atoms with Crippen molar-refractivity contribution in [2.45, 2.75) is 65.0 Å². The predicted molar refractivity (Wildman–Crippen MR) is 79.2 cm³/mol. The molecule has 1 aromatic heterocycles. The van der Waals surface area contributed by atoms with Gasteiger partial charge in [-0.3, -0.25) is 0 Å². The van der Waals surface area contributed by atoms with Crippen molar-refractivity contribution in [3.8, 4) is 0 Å². The number of hydrogen-bond acceptors (Lipinski definition) is 2. The highest BCUT2D eigenvalue weighted by Crippen LogP contribution is 2.32. The van der Waals surface area contributed by atoms with Crippen molar-refractivity contribution in [3.63, 3.8) is 0 Å². The van der Waals surface area contributed by atoms with Crippen LogP contribution in [-0.4, -0.2) is 6.04 Å². The van der Waals surface area contributed by atoms with Gasteiger partial charge < -0.3 is 5.32 Å². The zero-order valence-corrected chi connectivity index (χ0v) is 12.5. The van der Waals surface area contributed by atoms with Crippen LogP contribution in [0.25, 0.3) is 0 Å². The molecule has 0 bridgehead atoms. The molecule has 1 N–H and O–H groups in total. The molecule has 1 nitrogen and oxygen atoms in total. The second-order valence-electron chi connectivity index (χ2n) is 6.27. The van der Waals surface area contributed by atoms with E-state index in [0.29, 0.717) is 0 Å². The zero-order valence-electron chi connectivity index (χ0n) is 11.7. The Labute approximate surface area is 115 Å². The quantitative estimate of drug-likeness (QED) is 0.864. The van der Waals surface area contributed by atoms with E-state index in [1.807, 2.05) is 0 Å². The van der Waals surface area contributed by atoms with E-state index in [0.717, 1.165) is 24.4 Å². The van der Waals surface area contributed by atoms with Crippen molar-refractivity contribution in [3.05, 3.63) is 21.4 Å². The second-order valence-corrected chi connectivity index (χ2v) is 7.49. The molecular formula is C16H25NS. The Balaban J connectivity index is 1.57. The highest BCUT2D eigenvalue weighted by molar-refractivity contribution is 7.12. The molecule has 2 aliphatic rings. The predicted octanol–water partition coefficient (Wildman–Crippen LogP) is 4.15.